The number of aromatic nitrogens is 6. The van der Waals surface area contributed by atoms with Gasteiger partial charge in [-0.05, 0) is 120 Å². The minimum Gasteiger partial charge on any atom is -0.384 e. The zero-order valence-electron chi connectivity index (χ0n) is 38.0. The highest BCUT2D eigenvalue weighted by molar-refractivity contribution is 6.29. The lowest BCUT2D eigenvalue weighted by molar-refractivity contribution is -0.384. The Morgan fingerprint density at radius 2 is 1.06 bits per heavy atom. The van der Waals surface area contributed by atoms with Crippen LogP contribution in [0.1, 0.15) is 44.5 Å². The molecule has 0 aliphatic carbocycles. The fourth-order valence-corrected chi connectivity index (χ4v) is 7.70. The summed E-state index contributed by atoms with van der Waals surface area (Å²) in [5.74, 6) is 1.16. The van der Waals surface area contributed by atoms with Crippen LogP contribution in [0.25, 0.3) is 56.2 Å². The second-order valence-corrected chi connectivity index (χ2v) is 15.7. The first-order chi connectivity index (χ1) is 33.9. The molecule has 0 aliphatic rings. The van der Waals surface area contributed by atoms with Gasteiger partial charge in [0, 0.05) is 59.9 Å². The predicted molar refractivity (Wildman–Crippen MR) is 271 cm³/mol. The number of fused-ring (bicyclic) bond motifs is 2. The van der Waals surface area contributed by atoms with E-state index in [4.69, 9.17) is 49.8 Å². The minimum absolute atomic E-state index is 0.0287. The largest absolute Gasteiger partial charge is 0.384 e. The average molecular weight is 961 g/mol. The molecular weight excluding hydrogens is 924 g/mol. The number of nitrogens with two attached hydrogens (primary N) is 3. The molecule has 4 aromatic heterocycles. The van der Waals surface area contributed by atoms with Crippen LogP contribution in [0.4, 0.5) is 40.6 Å². The molecule has 0 unspecified atom stereocenters. The Balaban J connectivity index is 0.000000202. The van der Waals surface area contributed by atoms with Crippen LogP contribution in [0.2, 0.25) is 5.28 Å². The number of nitrogen functional groups attached to an aromatic ring is 3. The van der Waals surface area contributed by atoms with Crippen molar-refractivity contribution in [3.05, 3.63) is 167 Å². The molecule has 7 N–H and O–H groups in total. The van der Waals surface area contributed by atoms with Crippen LogP contribution in [0.15, 0.2) is 97.3 Å². The zero-order valence-corrected chi connectivity index (χ0v) is 38.8. The number of aryl methyl sites for hydroxylation is 4. The zero-order chi connectivity index (χ0) is 51.5. The third-order valence-corrected chi connectivity index (χ3v) is 10.6. The van der Waals surface area contributed by atoms with E-state index in [9.17, 15) is 20.2 Å². The lowest BCUT2D eigenvalue weighted by Gasteiger charge is -2.15. The van der Waals surface area contributed by atoms with Crippen molar-refractivity contribution in [1.82, 2.24) is 29.9 Å². The van der Waals surface area contributed by atoms with E-state index in [0.717, 1.165) is 44.5 Å². The summed E-state index contributed by atoms with van der Waals surface area (Å²) in [6.07, 6.45) is 9.03. The van der Waals surface area contributed by atoms with Crippen LogP contribution in [0, 0.1) is 93.2 Å². The molecule has 4 heterocycles. The van der Waals surface area contributed by atoms with Gasteiger partial charge in [0.25, 0.3) is 11.4 Å². The number of nitrogens with zero attached hydrogens (tertiary/aromatic N) is 12. The third-order valence-electron chi connectivity index (χ3n) is 10.4. The molecular formula is C50H37ClN16O4. The van der Waals surface area contributed by atoms with Gasteiger partial charge >= 0.3 is 0 Å². The van der Waals surface area contributed by atoms with Gasteiger partial charge in [-0.3, -0.25) is 20.2 Å². The number of halogens is 1. The number of allylic oxidation sites excluding steroid dienone is 2. The highest BCUT2D eigenvalue weighted by Gasteiger charge is 2.22. The lowest BCUT2D eigenvalue weighted by atomic mass is 9.91. The number of nitrogens with one attached hydrogen (secondary N) is 1. The molecule has 71 heavy (non-hydrogen) atoms. The number of nitro groups is 2. The standard InChI is InChI=1S/C25H18N8O2.C19H14ClN5O2.C6H5N3/c1-14-8-16(4-3-7-26)9-15(2)22(14)19-10-18(33(34)35)11-20-23(19)31-25(32-24(20)28)30-21-6-5-17(12-27)13-29-21;1-10-6-12(4-3-5-21)7-11(2)16(10)14-8-13(25(26)27)9-15-17(14)23-19(20)24-18(15)22;7-3-5-1-2-6(8)9-4-5/h3-6,8-11,13H,1-2H3,(H3,28,29,30,31,32);3-4,6-9H,1-2H3,(H2,22,23,24);1-2,4H,(H2,8,9)/b2*4-3+;. The van der Waals surface area contributed by atoms with Gasteiger partial charge < -0.3 is 22.5 Å². The third kappa shape index (κ3) is 11.8. The summed E-state index contributed by atoms with van der Waals surface area (Å²) in [7, 11) is 0. The van der Waals surface area contributed by atoms with E-state index in [1.165, 1.54) is 48.8 Å². The fourth-order valence-electron chi connectivity index (χ4n) is 7.52. The second-order valence-electron chi connectivity index (χ2n) is 15.3. The number of benzene rings is 4. The van der Waals surface area contributed by atoms with Crippen molar-refractivity contribution in [3.63, 3.8) is 0 Å². The minimum atomic E-state index is -0.482. The van der Waals surface area contributed by atoms with Gasteiger partial charge in [-0.1, -0.05) is 24.3 Å². The number of rotatable bonds is 8. The fraction of sp³-hybridized carbons (Fsp3) is 0.0800. The topological polar surface area (TPSA) is 349 Å². The highest BCUT2D eigenvalue weighted by Crippen LogP contribution is 2.40. The Kier molecular flexibility index (Phi) is 15.4. The molecule has 0 saturated carbocycles. The van der Waals surface area contributed by atoms with Crippen LogP contribution in [0.5, 0.6) is 0 Å². The quantitative estimate of drug-likeness (QED) is 0.0476. The molecule has 0 atom stereocenters. The summed E-state index contributed by atoms with van der Waals surface area (Å²) in [6, 6.07) is 27.5. The molecule has 21 heteroatoms. The summed E-state index contributed by atoms with van der Waals surface area (Å²) in [5.41, 5.74) is 26.8. The van der Waals surface area contributed by atoms with Crippen molar-refractivity contribution in [1.29, 1.82) is 21.0 Å². The maximum atomic E-state index is 11.7. The van der Waals surface area contributed by atoms with Crippen molar-refractivity contribution < 1.29 is 9.85 Å². The SMILES string of the molecule is Cc1cc(/C=C/C#N)cc(C)c1-c1cc([N+](=O)[O-])cc2c(N)nc(Cl)nc12.Cc1cc(/C=C/C#N)cc(C)c1-c1cc([N+](=O)[O-])cc2c(N)nc(Nc3ccc(C#N)cn3)nc12.N#Cc1ccc(N)nc1. The summed E-state index contributed by atoms with van der Waals surface area (Å²) in [4.78, 5) is 47.0. The molecule has 0 amide bonds. The second kappa shape index (κ2) is 21.9. The van der Waals surface area contributed by atoms with Gasteiger partial charge in [0.1, 0.15) is 35.4 Å². The van der Waals surface area contributed by atoms with E-state index in [1.54, 1.807) is 36.4 Å². The van der Waals surface area contributed by atoms with Gasteiger partial charge in [0.05, 0.1) is 54.9 Å². The molecule has 8 rings (SSSR count). The maximum absolute atomic E-state index is 11.7. The number of hydrogen-bond acceptors (Lipinski definition) is 18. The van der Waals surface area contributed by atoms with Crippen LogP contribution < -0.4 is 22.5 Å². The van der Waals surface area contributed by atoms with E-state index >= 15 is 0 Å². The van der Waals surface area contributed by atoms with Crippen LogP contribution in [0.3, 0.4) is 0 Å². The normalized spacial score (nSPS) is 10.5. The van der Waals surface area contributed by atoms with Gasteiger partial charge in [-0.15, -0.1) is 0 Å². The molecule has 4 aromatic carbocycles. The van der Waals surface area contributed by atoms with Crippen LogP contribution >= 0.6 is 11.6 Å². The van der Waals surface area contributed by atoms with Gasteiger partial charge in [0.2, 0.25) is 11.2 Å². The molecule has 0 bridgehead atoms. The first-order valence-corrected chi connectivity index (χ1v) is 21.1. The molecule has 8 aromatic rings. The number of anilines is 5. The molecule has 0 spiro atoms. The van der Waals surface area contributed by atoms with E-state index in [-0.39, 0.29) is 34.2 Å². The summed E-state index contributed by atoms with van der Waals surface area (Å²) in [5, 5.41) is 61.6. The maximum Gasteiger partial charge on any atom is 0.270 e. The average Bonchev–Trinajstić information content (AvgIpc) is 3.33. The predicted octanol–water partition coefficient (Wildman–Crippen LogP) is 10.1. The van der Waals surface area contributed by atoms with E-state index in [2.05, 4.69) is 35.2 Å². The Labute approximate surface area is 409 Å². The lowest BCUT2D eigenvalue weighted by Crippen LogP contribution is -2.04. The highest BCUT2D eigenvalue weighted by atomic mass is 35.5. The first-order valence-electron chi connectivity index (χ1n) is 20.7. The molecule has 20 nitrogen and oxygen atoms in total. The summed E-state index contributed by atoms with van der Waals surface area (Å²) < 4.78 is 0. The number of hydrogen-bond donors (Lipinski definition) is 4. The van der Waals surface area contributed by atoms with Gasteiger partial charge in [-0.2, -0.15) is 26.0 Å². The number of pyridine rings is 2. The van der Waals surface area contributed by atoms with Gasteiger partial charge in [-0.25, -0.2) is 24.9 Å². The molecule has 0 saturated heterocycles. The van der Waals surface area contributed by atoms with E-state index in [1.807, 2.05) is 76.2 Å². The molecule has 0 fully saturated rings. The van der Waals surface area contributed by atoms with Crippen molar-refractivity contribution >= 4 is 86.2 Å². The van der Waals surface area contributed by atoms with Crippen LogP contribution in [-0.2, 0) is 0 Å². The Bertz CT molecular complexity index is 3620. The van der Waals surface area contributed by atoms with E-state index in [0.29, 0.717) is 55.7 Å². The van der Waals surface area contributed by atoms with Gasteiger partial charge in [0.15, 0.2) is 0 Å². The Hall–Kier alpha value is -10.4. The molecule has 0 radical (unpaired) electrons. The van der Waals surface area contributed by atoms with Crippen molar-refractivity contribution in [2.45, 2.75) is 27.7 Å². The van der Waals surface area contributed by atoms with Crippen molar-refractivity contribution in [2.24, 2.45) is 0 Å². The number of nitro benzene ring substituents is 2. The van der Waals surface area contributed by atoms with Crippen molar-refractivity contribution in [2.75, 3.05) is 22.5 Å². The first kappa shape index (κ1) is 50.0. The Morgan fingerprint density at radius 3 is 1.46 bits per heavy atom. The van der Waals surface area contributed by atoms with Crippen molar-refractivity contribution in [3.8, 4) is 46.5 Å². The monoisotopic (exact) mass is 960 g/mol. The Morgan fingerprint density at radius 1 is 0.606 bits per heavy atom. The summed E-state index contributed by atoms with van der Waals surface area (Å²) in [6.45, 7) is 7.56. The number of non-ortho nitro benzene ring substituents is 2. The van der Waals surface area contributed by atoms with Crippen LogP contribution in [-0.4, -0.2) is 39.8 Å². The smallest absolute Gasteiger partial charge is 0.270 e. The van der Waals surface area contributed by atoms with E-state index < -0.39 is 9.85 Å². The number of nitriles is 4. The molecule has 348 valence electrons. The molecule has 0 aliphatic heterocycles. The summed E-state index contributed by atoms with van der Waals surface area (Å²) >= 11 is 5.97.